The third kappa shape index (κ3) is 5.40. The van der Waals surface area contributed by atoms with Gasteiger partial charge in [-0.25, -0.2) is 0 Å². The van der Waals surface area contributed by atoms with Crippen LogP contribution in [0.25, 0.3) is 0 Å². The summed E-state index contributed by atoms with van der Waals surface area (Å²) in [6.07, 6.45) is 6.54. The van der Waals surface area contributed by atoms with E-state index in [1.165, 1.54) is 0 Å². The Morgan fingerprint density at radius 1 is 1.40 bits per heavy atom. The maximum atomic E-state index is 10.8. The fourth-order valence-corrected chi connectivity index (χ4v) is 1.06. The Labute approximate surface area is 93.0 Å². The van der Waals surface area contributed by atoms with E-state index in [1.54, 1.807) is 6.08 Å². The summed E-state index contributed by atoms with van der Waals surface area (Å²) in [5, 5.41) is 0. The average Bonchev–Trinajstić information content (AvgIpc) is 2.26. The van der Waals surface area contributed by atoms with E-state index in [9.17, 15) is 4.79 Å². The van der Waals surface area contributed by atoms with Crippen molar-refractivity contribution in [2.45, 2.75) is 40.5 Å². The van der Waals surface area contributed by atoms with Crippen LogP contribution < -0.4 is 0 Å². The number of hydrogen-bond acceptors (Lipinski definition) is 2. The number of allylic oxidation sites excluding steroid dienone is 3. The van der Waals surface area contributed by atoms with E-state index in [0.29, 0.717) is 18.1 Å². The quantitative estimate of drug-likeness (QED) is 0.278. The van der Waals surface area contributed by atoms with E-state index in [4.69, 9.17) is 4.74 Å². The zero-order valence-corrected chi connectivity index (χ0v) is 10.2. The summed E-state index contributed by atoms with van der Waals surface area (Å²) < 4.78 is 5.64. The first-order valence-electron chi connectivity index (χ1n) is 5.64. The molecule has 0 saturated carbocycles. The number of rotatable bonds is 7. The lowest BCUT2D eigenvalue weighted by atomic mass is 10.1. The van der Waals surface area contributed by atoms with E-state index in [2.05, 4.69) is 13.8 Å². The Balaban J connectivity index is 4.42. The van der Waals surface area contributed by atoms with E-state index in [1.807, 2.05) is 19.9 Å². The summed E-state index contributed by atoms with van der Waals surface area (Å²) in [6.45, 7) is 8.82. The summed E-state index contributed by atoms with van der Waals surface area (Å²) >= 11 is 0. The third-order valence-corrected chi connectivity index (χ3v) is 2.33. The first-order valence-corrected chi connectivity index (χ1v) is 5.64. The predicted molar refractivity (Wildman–Crippen MR) is 63.6 cm³/mol. The van der Waals surface area contributed by atoms with Gasteiger partial charge in [0.2, 0.25) is 0 Å². The molecule has 2 nitrogen and oxygen atoms in total. The van der Waals surface area contributed by atoms with Crippen LogP contribution in [0.4, 0.5) is 0 Å². The highest BCUT2D eigenvalue weighted by Gasteiger charge is 2.06. The van der Waals surface area contributed by atoms with Crippen LogP contribution in [0.15, 0.2) is 23.5 Å². The Bertz CT molecular complexity index is 239. The molecule has 0 bridgehead atoms. The average molecular weight is 210 g/mol. The molecule has 0 aromatic heterocycles. The van der Waals surface area contributed by atoms with Gasteiger partial charge in [-0.2, -0.15) is 0 Å². The molecule has 0 fully saturated rings. The second kappa shape index (κ2) is 8.27. The standard InChI is InChI=1S/C13H22O2/c1-5-8-13(12(7-3)9-14)15-10-11(4)6-2/h7-9,11H,5-6,10H2,1-4H3/b12-7-,13-8+. The van der Waals surface area contributed by atoms with Crippen LogP contribution in [0.2, 0.25) is 0 Å². The number of carbonyl (C=O) groups is 1. The molecule has 0 amide bonds. The lowest BCUT2D eigenvalue weighted by molar-refractivity contribution is -0.105. The third-order valence-electron chi connectivity index (χ3n) is 2.33. The van der Waals surface area contributed by atoms with E-state index >= 15 is 0 Å². The SMILES string of the molecule is C/C=C(C=O)\C(=C/CC)OCC(C)CC. The molecule has 2 heteroatoms. The van der Waals surface area contributed by atoms with Crippen molar-refractivity contribution in [3.8, 4) is 0 Å². The molecule has 0 aliphatic carbocycles. The van der Waals surface area contributed by atoms with Gasteiger partial charge in [0.05, 0.1) is 12.2 Å². The van der Waals surface area contributed by atoms with E-state index < -0.39 is 0 Å². The maximum absolute atomic E-state index is 10.8. The molecule has 0 heterocycles. The van der Waals surface area contributed by atoms with Crippen LogP contribution in [-0.2, 0) is 9.53 Å². The minimum atomic E-state index is 0.523. The molecular weight excluding hydrogens is 188 g/mol. The molecule has 1 unspecified atom stereocenters. The highest BCUT2D eigenvalue weighted by molar-refractivity contribution is 5.78. The molecule has 0 aromatic carbocycles. The summed E-state index contributed by atoms with van der Waals surface area (Å²) in [7, 11) is 0. The molecule has 0 aliphatic heterocycles. The Hall–Kier alpha value is -1.05. The molecule has 15 heavy (non-hydrogen) atoms. The monoisotopic (exact) mass is 210 g/mol. The Morgan fingerprint density at radius 3 is 2.47 bits per heavy atom. The summed E-state index contributed by atoms with van der Waals surface area (Å²) in [6, 6.07) is 0. The molecule has 0 aliphatic rings. The fourth-order valence-electron chi connectivity index (χ4n) is 1.06. The maximum Gasteiger partial charge on any atom is 0.153 e. The lowest BCUT2D eigenvalue weighted by Crippen LogP contribution is -2.06. The second-order valence-corrected chi connectivity index (χ2v) is 3.66. The van der Waals surface area contributed by atoms with Crippen molar-refractivity contribution in [2.75, 3.05) is 6.61 Å². The van der Waals surface area contributed by atoms with Gasteiger partial charge in [0, 0.05) is 0 Å². The van der Waals surface area contributed by atoms with E-state index in [0.717, 1.165) is 24.9 Å². The van der Waals surface area contributed by atoms with Crippen LogP contribution in [0.1, 0.15) is 40.5 Å². The Kier molecular flexibility index (Phi) is 7.69. The van der Waals surface area contributed by atoms with Crippen molar-refractivity contribution < 1.29 is 9.53 Å². The van der Waals surface area contributed by atoms with Gasteiger partial charge in [-0.1, -0.05) is 33.3 Å². The van der Waals surface area contributed by atoms with Crippen LogP contribution in [0.5, 0.6) is 0 Å². The zero-order valence-electron chi connectivity index (χ0n) is 10.2. The molecule has 0 spiro atoms. The van der Waals surface area contributed by atoms with Gasteiger partial charge in [0.25, 0.3) is 0 Å². The number of hydrogen-bond donors (Lipinski definition) is 0. The highest BCUT2D eigenvalue weighted by atomic mass is 16.5. The molecule has 0 saturated heterocycles. The minimum absolute atomic E-state index is 0.523. The molecular formula is C13H22O2. The van der Waals surface area contributed by atoms with Gasteiger partial charge in [-0.05, 0) is 25.3 Å². The van der Waals surface area contributed by atoms with Gasteiger partial charge in [-0.3, -0.25) is 4.79 Å². The number of ether oxygens (including phenoxy) is 1. The molecule has 0 radical (unpaired) electrons. The second-order valence-electron chi connectivity index (χ2n) is 3.66. The summed E-state index contributed by atoms with van der Waals surface area (Å²) in [4.78, 5) is 10.8. The molecule has 86 valence electrons. The first kappa shape index (κ1) is 13.9. The van der Waals surface area contributed by atoms with Crippen LogP contribution in [0, 0.1) is 5.92 Å². The van der Waals surface area contributed by atoms with Gasteiger partial charge >= 0.3 is 0 Å². The minimum Gasteiger partial charge on any atom is -0.493 e. The molecule has 1 atom stereocenters. The van der Waals surface area contributed by atoms with Crippen molar-refractivity contribution in [3.63, 3.8) is 0 Å². The predicted octanol–water partition coefficient (Wildman–Crippen LogP) is 3.49. The fraction of sp³-hybridized carbons (Fsp3) is 0.615. The molecule has 0 rings (SSSR count). The summed E-state index contributed by atoms with van der Waals surface area (Å²) in [5.41, 5.74) is 0.639. The molecule has 0 aromatic rings. The number of aldehydes is 1. The van der Waals surface area contributed by atoms with E-state index in [-0.39, 0.29) is 0 Å². The summed E-state index contributed by atoms with van der Waals surface area (Å²) in [5.74, 6) is 1.24. The van der Waals surface area contributed by atoms with Crippen molar-refractivity contribution in [1.29, 1.82) is 0 Å². The first-order chi connectivity index (χ1) is 7.19. The van der Waals surface area contributed by atoms with Crippen molar-refractivity contribution in [1.82, 2.24) is 0 Å². The number of carbonyl (C=O) groups excluding carboxylic acids is 1. The zero-order chi connectivity index (χ0) is 11.7. The Morgan fingerprint density at radius 2 is 2.07 bits per heavy atom. The highest BCUT2D eigenvalue weighted by Crippen LogP contribution is 2.13. The van der Waals surface area contributed by atoms with Crippen molar-refractivity contribution in [2.24, 2.45) is 5.92 Å². The van der Waals surface area contributed by atoms with Crippen LogP contribution in [-0.4, -0.2) is 12.9 Å². The largest absolute Gasteiger partial charge is 0.493 e. The normalized spacial score (nSPS) is 14.9. The van der Waals surface area contributed by atoms with Crippen molar-refractivity contribution in [3.05, 3.63) is 23.5 Å². The smallest absolute Gasteiger partial charge is 0.153 e. The van der Waals surface area contributed by atoms with Crippen LogP contribution in [0.3, 0.4) is 0 Å². The van der Waals surface area contributed by atoms with Gasteiger partial charge in [-0.15, -0.1) is 0 Å². The molecule has 0 N–H and O–H groups in total. The topological polar surface area (TPSA) is 26.3 Å². The van der Waals surface area contributed by atoms with Crippen molar-refractivity contribution >= 4 is 6.29 Å². The van der Waals surface area contributed by atoms with Gasteiger partial charge in [0.1, 0.15) is 5.76 Å². The van der Waals surface area contributed by atoms with Gasteiger partial charge < -0.3 is 4.74 Å². The van der Waals surface area contributed by atoms with Gasteiger partial charge in [0.15, 0.2) is 6.29 Å². The lowest BCUT2D eigenvalue weighted by Gasteiger charge is -2.13. The van der Waals surface area contributed by atoms with Crippen LogP contribution >= 0.6 is 0 Å².